The Morgan fingerprint density at radius 2 is 1.85 bits per heavy atom. The average molecular weight is 409 g/mol. The first-order valence-corrected chi connectivity index (χ1v) is 12.3. The molecule has 0 amide bonds. The number of aryl methyl sites for hydroxylation is 2. The van der Waals surface area contributed by atoms with Crippen molar-refractivity contribution in [3.63, 3.8) is 0 Å². The number of aromatic nitrogens is 2. The van der Waals surface area contributed by atoms with Gasteiger partial charge in [-0.25, -0.2) is 9.97 Å². The van der Waals surface area contributed by atoms with E-state index in [-0.39, 0.29) is 0 Å². The normalized spacial score (nSPS) is 14.0. The van der Waals surface area contributed by atoms with Crippen LogP contribution in [0.25, 0.3) is 21.0 Å². The molecule has 2 nitrogen and oxygen atoms in total. The van der Waals surface area contributed by atoms with Gasteiger partial charge in [0.05, 0.1) is 0 Å². The van der Waals surface area contributed by atoms with E-state index >= 15 is 0 Å². The molecule has 1 aliphatic carbocycles. The molecule has 0 fully saturated rings. The lowest BCUT2D eigenvalue weighted by Gasteiger charge is -2.12. The van der Waals surface area contributed by atoms with Crippen molar-refractivity contribution in [1.29, 1.82) is 0 Å². The molecule has 1 aliphatic rings. The third-order valence-corrected chi connectivity index (χ3v) is 7.91. The molecular weight excluding hydrogens is 388 g/mol. The molecule has 2 heterocycles. The van der Waals surface area contributed by atoms with Crippen LogP contribution in [-0.4, -0.2) is 16.2 Å². The minimum atomic E-state index is 0.891. The monoisotopic (exact) mass is 408 g/mol. The predicted molar refractivity (Wildman–Crippen MR) is 119 cm³/mol. The van der Waals surface area contributed by atoms with Gasteiger partial charge < -0.3 is 0 Å². The molecule has 2 aromatic carbocycles. The fourth-order valence-electron chi connectivity index (χ4n) is 3.78. The van der Waals surface area contributed by atoms with Crippen LogP contribution in [0, 0.1) is 0 Å². The fourth-order valence-corrected chi connectivity index (χ4v) is 6.59. The molecule has 2 aromatic heterocycles. The molecule has 0 saturated heterocycles. The van der Waals surface area contributed by atoms with Crippen molar-refractivity contribution in [3.8, 4) is 0 Å². The molecule has 0 unspecified atom stereocenters. The van der Waals surface area contributed by atoms with Gasteiger partial charge in [-0.3, -0.25) is 0 Å². The van der Waals surface area contributed by atoms with Crippen molar-refractivity contribution in [3.05, 3.63) is 58.5 Å². The molecule has 0 N–H and O–H groups in total. The molecule has 136 valence electrons. The van der Waals surface area contributed by atoms with E-state index in [2.05, 4.69) is 48.7 Å². The summed E-state index contributed by atoms with van der Waals surface area (Å²) in [6, 6.07) is 15.3. The van der Waals surface area contributed by atoms with Crippen LogP contribution < -0.4 is 0 Å². The van der Waals surface area contributed by atoms with Gasteiger partial charge in [-0.15, -0.1) is 23.1 Å². The standard InChI is InChI=1S/C22H20N2S3/c1-25-22-23-20(19-17-8-4-5-9-18(17)27-21(19)24-22)26-13-14-10-11-15-6-2-3-7-16(15)12-14/h2-3,6-7,10-12H,4-5,8-9,13H2,1H3. The summed E-state index contributed by atoms with van der Waals surface area (Å²) in [4.78, 5) is 12.4. The zero-order chi connectivity index (χ0) is 18.2. The molecule has 5 heteroatoms. The van der Waals surface area contributed by atoms with Gasteiger partial charge in [-0.1, -0.05) is 54.2 Å². The Kier molecular flexibility index (Phi) is 4.84. The van der Waals surface area contributed by atoms with Crippen molar-refractivity contribution in [2.45, 2.75) is 41.6 Å². The van der Waals surface area contributed by atoms with Gasteiger partial charge in [0.2, 0.25) is 0 Å². The highest BCUT2D eigenvalue weighted by molar-refractivity contribution is 7.99. The topological polar surface area (TPSA) is 25.8 Å². The van der Waals surface area contributed by atoms with Crippen LogP contribution in [0.1, 0.15) is 28.8 Å². The van der Waals surface area contributed by atoms with Gasteiger partial charge in [-0.05, 0) is 53.8 Å². The first kappa shape index (κ1) is 17.5. The van der Waals surface area contributed by atoms with E-state index in [9.17, 15) is 0 Å². The van der Waals surface area contributed by atoms with E-state index in [1.165, 1.54) is 62.7 Å². The number of benzene rings is 2. The number of hydrogen-bond donors (Lipinski definition) is 0. The van der Waals surface area contributed by atoms with Crippen LogP contribution >= 0.6 is 34.9 Å². The van der Waals surface area contributed by atoms with E-state index in [1.807, 2.05) is 23.1 Å². The number of fused-ring (bicyclic) bond motifs is 4. The highest BCUT2D eigenvalue weighted by Gasteiger charge is 2.21. The number of thiophene rings is 1. The summed E-state index contributed by atoms with van der Waals surface area (Å²) < 4.78 is 0. The Morgan fingerprint density at radius 3 is 2.74 bits per heavy atom. The zero-order valence-electron chi connectivity index (χ0n) is 15.2. The van der Waals surface area contributed by atoms with Crippen LogP contribution in [0.5, 0.6) is 0 Å². The highest BCUT2D eigenvalue weighted by atomic mass is 32.2. The molecule has 0 aliphatic heterocycles. The summed E-state index contributed by atoms with van der Waals surface area (Å²) in [6.07, 6.45) is 7.05. The zero-order valence-corrected chi connectivity index (χ0v) is 17.6. The molecule has 0 radical (unpaired) electrons. The molecule has 5 rings (SSSR count). The van der Waals surface area contributed by atoms with Crippen molar-refractivity contribution >= 4 is 55.8 Å². The molecule has 27 heavy (non-hydrogen) atoms. The maximum atomic E-state index is 4.90. The molecular formula is C22H20N2S3. The number of rotatable bonds is 4. The van der Waals surface area contributed by atoms with Crippen molar-refractivity contribution in [2.24, 2.45) is 0 Å². The Labute approximate surface area is 171 Å². The van der Waals surface area contributed by atoms with Gasteiger partial charge in [0.1, 0.15) is 9.86 Å². The summed E-state index contributed by atoms with van der Waals surface area (Å²) in [5, 5.41) is 5.99. The minimum Gasteiger partial charge on any atom is -0.215 e. The Bertz CT molecular complexity index is 1130. The van der Waals surface area contributed by atoms with Crippen LogP contribution in [0.15, 0.2) is 52.6 Å². The van der Waals surface area contributed by atoms with Crippen molar-refractivity contribution in [1.82, 2.24) is 9.97 Å². The van der Waals surface area contributed by atoms with Crippen LogP contribution in [0.4, 0.5) is 0 Å². The van der Waals surface area contributed by atoms with Gasteiger partial charge >= 0.3 is 0 Å². The molecule has 0 bridgehead atoms. The summed E-state index contributed by atoms with van der Waals surface area (Å²) in [5.41, 5.74) is 2.87. The Balaban J connectivity index is 1.52. The third kappa shape index (κ3) is 3.37. The summed E-state index contributed by atoms with van der Waals surface area (Å²) >= 11 is 5.39. The first-order valence-electron chi connectivity index (χ1n) is 9.28. The van der Waals surface area contributed by atoms with Gasteiger partial charge in [0.25, 0.3) is 0 Å². The van der Waals surface area contributed by atoms with Gasteiger partial charge in [0, 0.05) is 16.0 Å². The summed E-state index contributed by atoms with van der Waals surface area (Å²) in [7, 11) is 0. The maximum absolute atomic E-state index is 4.90. The largest absolute Gasteiger partial charge is 0.215 e. The number of thioether (sulfide) groups is 2. The first-order chi connectivity index (χ1) is 13.3. The number of nitrogens with zero attached hydrogens (tertiary/aromatic N) is 2. The molecule has 0 saturated carbocycles. The molecule has 4 aromatic rings. The van der Waals surface area contributed by atoms with Crippen LogP contribution in [0.2, 0.25) is 0 Å². The van der Waals surface area contributed by atoms with Crippen LogP contribution in [0.3, 0.4) is 0 Å². The van der Waals surface area contributed by atoms with Gasteiger partial charge in [0.15, 0.2) is 5.16 Å². The van der Waals surface area contributed by atoms with E-state index < -0.39 is 0 Å². The molecule has 0 spiro atoms. The van der Waals surface area contributed by atoms with Crippen molar-refractivity contribution in [2.75, 3.05) is 6.26 Å². The second-order valence-electron chi connectivity index (χ2n) is 6.88. The lowest BCUT2D eigenvalue weighted by molar-refractivity contribution is 0.699. The highest BCUT2D eigenvalue weighted by Crippen LogP contribution is 2.41. The van der Waals surface area contributed by atoms with E-state index in [0.717, 1.165) is 15.9 Å². The predicted octanol–water partition coefficient (Wildman–Crippen LogP) is 6.74. The number of hydrogen-bond acceptors (Lipinski definition) is 5. The fraction of sp³-hybridized carbons (Fsp3) is 0.273. The molecule has 0 atom stereocenters. The smallest absolute Gasteiger partial charge is 0.189 e. The average Bonchev–Trinajstić information content (AvgIpc) is 3.10. The van der Waals surface area contributed by atoms with Crippen molar-refractivity contribution < 1.29 is 0 Å². The summed E-state index contributed by atoms with van der Waals surface area (Å²) in [5.74, 6) is 0.940. The summed E-state index contributed by atoms with van der Waals surface area (Å²) in [6.45, 7) is 0. The lowest BCUT2D eigenvalue weighted by Crippen LogP contribution is -1.99. The quantitative estimate of drug-likeness (QED) is 0.212. The van der Waals surface area contributed by atoms with E-state index in [0.29, 0.717) is 0 Å². The van der Waals surface area contributed by atoms with E-state index in [1.54, 1.807) is 11.8 Å². The lowest BCUT2D eigenvalue weighted by atomic mass is 9.97. The van der Waals surface area contributed by atoms with E-state index in [4.69, 9.17) is 9.97 Å². The Hall–Kier alpha value is -1.56. The third-order valence-electron chi connectivity index (χ3n) is 5.13. The second-order valence-corrected chi connectivity index (χ2v) is 9.70. The Morgan fingerprint density at radius 1 is 1.00 bits per heavy atom. The van der Waals surface area contributed by atoms with Gasteiger partial charge in [-0.2, -0.15) is 0 Å². The maximum Gasteiger partial charge on any atom is 0.189 e. The van der Waals surface area contributed by atoms with Crippen LogP contribution in [-0.2, 0) is 18.6 Å². The minimum absolute atomic E-state index is 0.891. The second kappa shape index (κ2) is 7.46. The SMILES string of the molecule is CSc1nc(SCc2ccc3ccccc3c2)c2c3c(sc2n1)CCCC3.